The summed E-state index contributed by atoms with van der Waals surface area (Å²) in [4.78, 5) is 13.1. The second-order valence-corrected chi connectivity index (χ2v) is 8.29. The van der Waals surface area contributed by atoms with Crippen LogP contribution in [0.3, 0.4) is 0 Å². The van der Waals surface area contributed by atoms with Crippen molar-refractivity contribution in [1.29, 1.82) is 0 Å². The van der Waals surface area contributed by atoms with Gasteiger partial charge in [0.05, 0.1) is 12.2 Å². The van der Waals surface area contributed by atoms with Gasteiger partial charge in [-0.1, -0.05) is 12.1 Å². The molecule has 2 aliphatic heterocycles. The number of nitrogens with zero attached hydrogens (tertiary/aromatic N) is 4. The van der Waals surface area contributed by atoms with E-state index in [1.54, 1.807) is 0 Å². The average molecular weight is 382 g/mol. The van der Waals surface area contributed by atoms with Gasteiger partial charge in [-0.25, -0.2) is 10.1 Å². The summed E-state index contributed by atoms with van der Waals surface area (Å²) in [6.07, 6.45) is 3.17. The lowest BCUT2D eigenvalue weighted by atomic mass is 9.78. The Labute approximate surface area is 163 Å². The maximum absolute atomic E-state index is 13.1. The van der Waals surface area contributed by atoms with Crippen molar-refractivity contribution in [2.45, 2.75) is 57.4 Å². The van der Waals surface area contributed by atoms with E-state index in [9.17, 15) is 4.79 Å². The first kappa shape index (κ1) is 17.7. The Hall–Kier alpha value is -2.36. The number of benzene rings is 1. The van der Waals surface area contributed by atoms with E-state index in [-0.39, 0.29) is 36.0 Å². The number of amides is 1. The lowest BCUT2D eigenvalue weighted by Crippen LogP contribution is -2.56. The maximum Gasteiger partial charge on any atom is 0.228 e. The molecule has 5 atom stereocenters. The smallest absolute Gasteiger partial charge is 0.228 e. The first-order valence-electron chi connectivity index (χ1n) is 10.1. The molecule has 3 heterocycles. The van der Waals surface area contributed by atoms with Crippen LogP contribution in [0.5, 0.6) is 0 Å². The van der Waals surface area contributed by atoms with Crippen LogP contribution in [0.15, 0.2) is 24.3 Å². The first-order valence-corrected chi connectivity index (χ1v) is 10.1. The van der Waals surface area contributed by atoms with E-state index in [0.29, 0.717) is 6.04 Å². The SMILES string of the molecule is CC1CC(C(=O)Nc2cccc(-c3nnnn3C3CC3)c2)C2C(C)NNC2N1. The minimum Gasteiger partial charge on any atom is -0.326 e. The Morgan fingerprint density at radius 3 is 2.93 bits per heavy atom. The van der Waals surface area contributed by atoms with Crippen LogP contribution in [0.4, 0.5) is 5.69 Å². The number of carbonyl (C=O) groups excluding carboxylic acids is 1. The summed E-state index contributed by atoms with van der Waals surface area (Å²) in [6.45, 7) is 4.24. The van der Waals surface area contributed by atoms with Crippen LogP contribution in [-0.4, -0.2) is 44.4 Å². The molecule has 5 rings (SSSR count). The van der Waals surface area contributed by atoms with Crippen molar-refractivity contribution in [1.82, 2.24) is 36.4 Å². The predicted molar refractivity (Wildman–Crippen MR) is 104 cm³/mol. The van der Waals surface area contributed by atoms with Crippen LogP contribution in [0, 0.1) is 11.8 Å². The van der Waals surface area contributed by atoms with E-state index in [4.69, 9.17) is 0 Å². The highest BCUT2D eigenvalue weighted by Crippen LogP contribution is 2.37. The number of hydrazine groups is 1. The quantitative estimate of drug-likeness (QED) is 0.626. The van der Waals surface area contributed by atoms with Crippen molar-refractivity contribution in [2.75, 3.05) is 5.32 Å². The predicted octanol–water partition coefficient (Wildman–Crippen LogP) is 1.05. The summed E-state index contributed by atoms with van der Waals surface area (Å²) in [5, 5.41) is 18.8. The normalized spacial score (nSPS) is 32.1. The van der Waals surface area contributed by atoms with Gasteiger partial charge in [0.25, 0.3) is 0 Å². The van der Waals surface area contributed by atoms with Crippen LogP contribution in [0.25, 0.3) is 11.4 Å². The zero-order valence-electron chi connectivity index (χ0n) is 16.1. The minimum absolute atomic E-state index is 0.0563. The molecule has 0 radical (unpaired) electrons. The van der Waals surface area contributed by atoms with Crippen LogP contribution in [0.1, 0.15) is 39.2 Å². The van der Waals surface area contributed by atoms with E-state index in [2.05, 4.69) is 50.9 Å². The molecular weight excluding hydrogens is 356 g/mol. The number of anilines is 1. The monoisotopic (exact) mass is 382 g/mol. The molecule has 9 heteroatoms. The van der Waals surface area contributed by atoms with Gasteiger partial charge in [-0.15, -0.1) is 5.10 Å². The maximum atomic E-state index is 13.1. The molecule has 1 saturated carbocycles. The summed E-state index contributed by atoms with van der Waals surface area (Å²) >= 11 is 0. The van der Waals surface area contributed by atoms with Gasteiger partial charge in [0, 0.05) is 35.2 Å². The number of fused-ring (bicyclic) bond motifs is 1. The van der Waals surface area contributed by atoms with Crippen molar-refractivity contribution in [2.24, 2.45) is 11.8 Å². The molecule has 3 aliphatic rings. The number of hydrogen-bond donors (Lipinski definition) is 4. The number of piperidine rings is 1. The molecule has 4 N–H and O–H groups in total. The topological polar surface area (TPSA) is 109 Å². The van der Waals surface area contributed by atoms with Crippen molar-refractivity contribution in [3.05, 3.63) is 24.3 Å². The molecule has 2 aromatic rings. The summed E-state index contributed by atoms with van der Waals surface area (Å²) < 4.78 is 1.89. The second kappa shape index (κ2) is 6.91. The van der Waals surface area contributed by atoms with E-state index in [1.165, 1.54) is 0 Å². The van der Waals surface area contributed by atoms with Crippen molar-refractivity contribution in [3.63, 3.8) is 0 Å². The molecule has 9 nitrogen and oxygen atoms in total. The average Bonchev–Trinajstić information content (AvgIpc) is 3.29. The first-order chi connectivity index (χ1) is 13.6. The van der Waals surface area contributed by atoms with Gasteiger partial charge in [-0.3, -0.25) is 15.5 Å². The third kappa shape index (κ3) is 3.19. The van der Waals surface area contributed by atoms with E-state index in [1.807, 2.05) is 28.9 Å². The van der Waals surface area contributed by atoms with Crippen LogP contribution < -0.4 is 21.5 Å². The molecule has 1 aromatic carbocycles. The summed E-state index contributed by atoms with van der Waals surface area (Å²) in [6, 6.07) is 8.71. The molecule has 5 unspecified atom stereocenters. The van der Waals surface area contributed by atoms with E-state index in [0.717, 1.165) is 36.3 Å². The second-order valence-electron chi connectivity index (χ2n) is 8.29. The molecular formula is C19H26N8O. The highest BCUT2D eigenvalue weighted by atomic mass is 16.1. The van der Waals surface area contributed by atoms with Crippen LogP contribution in [0.2, 0.25) is 0 Å². The number of nitrogens with one attached hydrogen (secondary N) is 4. The molecule has 1 aliphatic carbocycles. The van der Waals surface area contributed by atoms with Gasteiger partial charge in [0.15, 0.2) is 5.82 Å². The number of aromatic nitrogens is 4. The van der Waals surface area contributed by atoms with Gasteiger partial charge in [0.2, 0.25) is 5.91 Å². The molecule has 28 heavy (non-hydrogen) atoms. The lowest BCUT2D eigenvalue weighted by Gasteiger charge is -2.38. The molecule has 0 spiro atoms. The highest BCUT2D eigenvalue weighted by Gasteiger charge is 2.46. The fourth-order valence-electron chi connectivity index (χ4n) is 4.55. The Bertz CT molecular complexity index is 878. The molecule has 0 bridgehead atoms. The Morgan fingerprint density at radius 1 is 1.25 bits per heavy atom. The molecule has 1 aromatic heterocycles. The van der Waals surface area contributed by atoms with Gasteiger partial charge < -0.3 is 5.32 Å². The number of carbonyl (C=O) groups is 1. The van der Waals surface area contributed by atoms with Gasteiger partial charge in [-0.05, 0) is 55.7 Å². The molecule has 3 fully saturated rings. The van der Waals surface area contributed by atoms with Gasteiger partial charge in [-0.2, -0.15) is 0 Å². The summed E-state index contributed by atoms with van der Waals surface area (Å²) in [7, 11) is 0. The van der Waals surface area contributed by atoms with E-state index >= 15 is 0 Å². The zero-order chi connectivity index (χ0) is 19.3. The highest BCUT2D eigenvalue weighted by molar-refractivity contribution is 5.93. The minimum atomic E-state index is -0.0563. The third-order valence-electron chi connectivity index (χ3n) is 6.08. The largest absolute Gasteiger partial charge is 0.326 e. The fourth-order valence-corrected chi connectivity index (χ4v) is 4.55. The summed E-state index contributed by atoms with van der Waals surface area (Å²) in [5.74, 6) is 0.979. The standard InChI is InChI=1S/C19H26N8O/c1-10-8-15(16-11(2)22-23-17(16)20-10)19(28)21-13-5-3-4-12(9-13)18-24-25-26-27(18)14-6-7-14/h3-5,9-11,14-17,20,22-23H,6-8H2,1-2H3,(H,21,28). The lowest BCUT2D eigenvalue weighted by molar-refractivity contribution is -0.123. The van der Waals surface area contributed by atoms with Crippen molar-refractivity contribution in [3.8, 4) is 11.4 Å². The van der Waals surface area contributed by atoms with Gasteiger partial charge >= 0.3 is 0 Å². The fraction of sp³-hybridized carbons (Fsp3) is 0.579. The summed E-state index contributed by atoms with van der Waals surface area (Å²) in [5.41, 5.74) is 8.24. The van der Waals surface area contributed by atoms with Gasteiger partial charge in [0.1, 0.15) is 0 Å². The Morgan fingerprint density at radius 2 is 2.11 bits per heavy atom. The van der Waals surface area contributed by atoms with E-state index < -0.39 is 0 Å². The number of hydrogen-bond acceptors (Lipinski definition) is 7. The van der Waals surface area contributed by atoms with Crippen molar-refractivity contribution < 1.29 is 4.79 Å². The Balaban J connectivity index is 1.36. The van der Waals surface area contributed by atoms with Crippen molar-refractivity contribution >= 4 is 11.6 Å². The molecule has 2 saturated heterocycles. The third-order valence-corrected chi connectivity index (χ3v) is 6.08. The number of rotatable bonds is 4. The molecule has 148 valence electrons. The number of tetrazole rings is 1. The zero-order valence-corrected chi connectivity index (χ0v) is 16.1. The molecule has 1 amide bonds. The van der Waals surface area contributed by atoms with Crippen LogP contribution in [-0.2, 0) is 4.79 Å². The Kier molecular flexibility index (Phi) is 4.37. The van der Waals surface area contributed by atoms with Crippen LogP contribution >= 0.6 is 0 Å².